The zero-order chi connectivity index (χ0) is 19.3. The Bertz CT molecular complexity index is 863. The summed E-state index contributed by atoms with van der Waals surface area (Å²) in [5, 5.41) is 20.0. The van der Waals surface area contributed by atoms with E-state index in [-0.39, 0.29) is 13.2 Å². The van der Waals surface area contributed by atoms with Gasteiger partial charge in [0, 0.05) is 5.02 Å². The number of aliphatic hydroxyl groups excluding tert-OH is 2. The van der Waals surface area contributed by atoms with Crippen molar-refractivity contribution in [3.8, 4) is 5.75 Å². The Morgan fingerprint density at radius 3 is 2.63 bits per heavy atom. The van der Waals surface area contributed by atoms with Crippen molar-refractivity contribution in [1.82, 2.24) is 4.98 Å². The quantitative estimate of drug-likeness (QED) is 0.505. The van der Waals surface area contributed by atoms with E-state index in [9.17, 15) is 10.2 Å². The topological polar surface area (TPSA) is 88.6 Å². The van der Waals surface area contributed by atoms with Crippen LogP contribution in [0.25, 0.3) is 10.2 Å². The first kappa shape index (κ1) is 20.0. The predicted octanol–water partition coefficient (Wildman–Crippen LogP) is 3.53. The van der Waals surface area contributed by atoms with Crippen LogP contribution in [0, 0.1) is 0 Å². The Hall–Kier alpha value is -1.70. The Morgan fingerprint density at radius 1 is 1.15 bits per heavy atom. The number of hydrogen-bond donors (Lipinski definition) is 3. The third-order valence-corrected chi connectivity index (χ3v) is 5.84. The van der Waals surface area contributed by atoms with Crippen LogP contribution in [0.1, 0.15) is 23.4 Å². The highest BCUT2D eigenvalue weighted by Crippen LogP contribution is 2.27. The monoisotopic (exact) mass is 406 g/mol. The molecular formula is C20H23ClN2O3S. The lowest BCUT2D eigenvalue weighted by molar-refractivity contribution is 0.113. The molecule has 3 aromatic rings. The van der Waals surface area contributed by atoms with Crippen LogP contribution >= 0.6 is 22.9 Å². The highest BCUT2D eigenvalue weighted by molar-refractivity contribution is 7.18. The number of aliphatic hydroxyl groups is 2. The molecule has 0 saturated heterocycles. The summed E-state index contributed by atoms with van der Waals surface area (Å²) in [7, 11) is 0. The van der Waals surface area contributed by atoms with Crippen LogP contribution in [-0.4, -0.2) is 33.9 Å². The lowest BCUT2D eigenvalue weighted by Crippen LogP contribution is -2.47. The molecule has 5 nitrogen and oxygen atoms in total. The lowest BCUT2D eigenvalue weighted by Gasteiger charge is -2.24. The Labute approximate surface area is 167 Å². The number of aromatic nitrogens is 1. The summed E-state index contributed by atoms with van der Waals surface area (Å²) < 4.78 is 6.97. The number of fused-ring (bicyclic) bond motifs is 1. The summed E-state index contributed by atoms with van der Waals surface area (Å²) in [5.41, 5.74) is 6.92. The van der Waals surface area contributed by atoms with Gasteiger partial charge in [0.15, 0.2) is 0 Å². The molecule has 0 saturated carbocycles. The molecule has 0 amide bonds. The molecular weight excluding hydrogens is 384 g/mol. The minimum Gasteiger partial charge on any atom is -0.486 e. The average molecular weight is 407 g/mol. The van der Waals surface area contributed by atoms with Gasteiger partial charge in [-0.15, -0.1) is 11.3 Å². The van der Waals surface area contributed by atoms with Crippen molar-refractivity contribution >= 4 is 33.2 Å². The van der Waals surface area contributed by atoms with E-state index in [4.69, 9.17) is 22.1 Å². The van der Waals surface area contributed by atoms with Gasteiger partial charge in [-0.2, -0.15) is 0 Å². The number of nitrogens with two attached hydrogens (primary N) is 1. The molecule has 4 N–H and O–H groups in total. The summed E-state index contributed by atoms with van der Waals surface area (Å²) in [6.07, 6.45) is 1.96. The summed E-state index contributed by atoms with van der Waals surface area (Å²) in [6.45, 7) is -0.0801. The molecule has 0 spiro atoms. The van der Waals surface area contributed by atoms with Gasteiger partial charge in [-0.1, -0.05) is 29.8 Å². The van der Waals surface area contributed by atoms with E-state index in [0.717, 1.165) is 33.6 Å². The van der Waals surface area contributed by atoms with Crippen molar-refractivity contribution in [2.75, 3.05) is 13.2 Å². The van der Waals surface area contributed by atoms with E-state index in [2.05, 4.69) is 4.98 Å². The molecule has 1 aromatic heterocycles. The zero-order valence-corrected chi connectivity index (χ0v) is 16.5. The molecule has 0 unspecified atom stereocenters. The standard InChI is InChI=1S/C20H23ClN2O3S/c21-16-10-15(8-7-14(16)4-3-9-20(22,12-24)13-25)26-11-19-23-17-5-1-2-6-18(17)27-19/h1-2,5-8,10,24-25H,3-4,9,11-13,22H2. The molecule has 2 aromatic carbocycles. The van der Waals surface area contributed by atoms with Gasteiger partial charge in [0.1, 0.15) is 17.4 Å². The van der Waals surface area contributed by atoms with Crippen molar-refractivity contribution in [1.29, 1.82) is 0 Å². The van der Waals surface area contributed by atoms with Crippen LogP contribution < -0.4 is 10.5 Å². The number of aryl methyl sites for hydroxylation is 1. The van der Waals surface area contributed by atoms with Crippen LogP contribution in [0.5, 0.6) is 5.75 Å². The second-order valence-corrected chi connectivity index (χ2v) is 8.17. The Balaban J connectivity index is 1.56. The fourth-order valence-electron chi connectivity index (χ4n) is 2.79. The first-order valence-corrected chi connectivity index (χ1v) is 9.99. The maximum Gasteiger partial charge on any atom is 0.140 e. The van der Waals surface area contributed by atoms with Crippen LogP contribution in [-0.2, 0) is 13.0 Å². The third-order valence-electron chi connectivity index (χ3n) is 4.48. The van der Waals surface area contributed by atoms with Gasteiger partial charge < -0.3 is 20.7 Å². The molecule has 0 bridgehead atoms. The van der Waals surface area contributed by atoms with Gasteiger partial charge in [0.25, 0.3) is 0 Å². The molecule has 0 fully saturated rings. The second-order valence-electron chi connectivity index (χ2n) is 6.65. The maximum absolute atomic E-state index is 9.24. The average Bonchev–Trinajstić information content (AvgIpc) is 3.10. The summed E-state index contributed by atoms with van der Waals surface area (Å²) in [6, 6.07) is 13.6. The number of nitrogens with zero attached hydrogens (tertiary/aromatic N) is 1. The van der Waals surface area contributed by atoms with Crippen LogP contribution in [0.3, 0.4) is 0 Å². The molecule has 0 radical (unpaired) electrons. The third kappa shape index (κ3) is 5.18. The fraction of sp³-hybridized carbons (Fsp3) is 0.350. The number of rotatable bonds is 9. The minimum atomic E-state index is -0.938. The van der Waals surface area contributed by atoms with Crippen molar-refractivity contribution in [3.05, 3.63) is 58.1 Å². The van der Waals surface area contributed by atoms with E-state index in [1.807, 2.05) is 36.4 Å². The van der Waals surface area contributed by atoms with Crippen molar-refractivity contribution < 1.29 is 14.9 Å². The van der Waals surface area contributed by atoms with E-state index in [1.165, 1.54) is 0 Å². The second kappa shape index (κ2) is 8.99. The van der Waals surface area contributed by atoms with Crippen molar-refractivity contribution in [3.63, 3.8) is 0 Å². The molecule has 0 atom stereocenters. The van der Waals surface area contributed by atoms with Gasteiger partial charge >= 0.3 is 0 Å². The van der Waals surface area contributed by atoms with Crippen LogP contribution in [0.15, 0.2) is 42.5 Å². The predicted molar refractivity (Wildman–Crippen MR) is 109 cm³/mol. The maximum atomic E-state index is 9.24. The van der Waals surface area contributed by atoms with Crippen LogP contribution in [0.2, 0.25) is 5.02 Å². The molecule has 27 heavy (non-hydrogen) atoms. The first-order valence-electron chi connectivity index (χ1n) is 8.79. The lowest BCUT2D eigenvalue weighted by atomic mass is 9.94. The first-order chi connectivity index (χ1) is 13.0. The molecule has 0 aliphatic heterocycles. The SMILES string of the molecule is NC(CO)(CO)CCCc1ccc(OCc2nc3ccccc3s2)cc1Cl. The number of hydrogen-bond acceptors (Lipinski definition) is 6. The molecule has 7 heteroatoms. The Morgan fingerprint density at radius 2 is 1.93 bits per heavy atom. The highest BCUT2D eigenvalue weighted by Gasteiger charge is 2.22. The van der Waals surface area contributed by atoms with Crippen LogP contribution in [0.4, 0.5) is 0 Å². The largest absolute Gasteiger partial charge is 0.486 e. The number of benzene rings is 2. The summed E-state index contributed by atoms with van der Waals surface area (Å²) in [5.74, 6) is 0.696. The molecule has 3 rings (SSSR count). The molecule has 1 heterocycles. The molecule has 0 aliphatic rings. The molecule has 0 aliphatic carbocycles. The molecule has 144 valence electrons. The summed E-state index contributed by atoms with van der Waals surface area (Å²) >= 11 is 7.99. The van der Waals surface area contributed by atoms with Gasteiger partial charge in [-0.3, -0.25) is 0 Å². The van der Waals surface area contributed by atoms with Gasteiger partial charge in [0.2, 0.25) is 0 Å². The number of para-hydroxylation sites is 1. The summed E-state index contributed by atoms with van der Waals surface area (Å²) in [4.78, 5) is 4.56. The number of ether oxygens (including phenoxy) is 1. The van der Waals surface area contributed by atoms with Gasteiger partial charge in [0.05, 0.1) is 29.0 Å². The smallest absolute Gasteiger partial charge is 0.140 e. The number of halogens is 1. The van der Waals surface area contributed by atoms with E-state index in [0.29, 0.717) is 23.8 Å². The van der Waals surface area contributed by atoms with Gasteiger partial charge in [-0.25, -0.2) is 4.98 Å². The fourth-order valence-corrected chi connectivity index (χ4v) is 3.93. The van der Waals surface area contributed by atoms with E-state index in [1.54, 1.807) is 17.4 Å². The minimum absolute atomic E-state index is 0.240. The number of thiazole rings is 1. The van der Waals surface area contributed by atoms with Crippen molar-refractivity contribution in [2.24, 2.45) is 5.73 Å². The van der Waals surface area contributed by atoms with E-state index >= 15 is 0 Å². The van der Waals surface area contributed by atoms with Crippen molar-refractivity contribution in [2.45, 2.75) is 31.4 Å². The zero-order valence-electron chi connectivity index (χ0n) is 14.9. The highest BCUT2D eigenvalue weighted by atomic mass is 35.5. The van der Waals surface area contributed by atoms with Gasteiger partial charge in [-0.05, 0) is 49.1 Å². The normalized spacial score (nSPS) is 11.9. The van der Waals surface area contributed by atoms with E-state index < -0.39 is 5.54 Å². The Kier molecular flexibility index (Phi) is 6.68.